The largest absolute Gasteiger partial charge is 0.496 e. The Morgan fingerprint density at radius 2 is 1.53 bits per heavy atom. The Hall–Kier alpha value is -3.69. The summed E-state index contributed by atoms with van der Waals surface area (Å²) in [6.45, 7) is 4.79. The van der Waals surface area contributed by atoms with Crippen LogP contribution in [0.4, 0.5) is 0 Å². The number of aromatic nitrogens is 1. The molecule has 10 heteroatoms. The molecular formula is C22H28N2O8. The van der Waals surface area contributed by atoms with Crippen LogP contribution < -0.4 is 19.5 Å². The molecule has 0 fully saturated rings. The first-order valence-electron chi connectivity index (χ1n) is 9.86. The van der Waals surface area contributed by atoms with E-state index in [2.05, 4.69) is 10.3 Å². The van der Waals surface area contributed by atoms with Crippen molar-refractivity contribution in [3.05, 3.63) is 40.2 Å². The SMILES string of the molecule is CCOC(=O)c1c(C)[nH]c(C(=O)OCC(=O)NCc2cc(OC)c(OC)cc2OC)c1C. The summed E-state index contributed by atoms with van der Waals surface area (Å²) < 4.78 is 25.9. The number of methoxy groups -OCH3 is 3. The number of aromatic amines is 1. The van der Waals surface area contributed by atoms with Gasteiger partial charge in [-0.2, -0.15) is 0 Å². The van der Waals surface area contributed by atoms with Crippen LogP contribution in [-0.4, -0.2) is 57.4 Å². The van der Waals surface area contributed by atoms with Gasteiger partial charge < -0.3 is 34.0 Å². The summed E-state index contributed by atoms with van der Waals surface area (Å²) in [5.41, 5.74) is 1.92. The van der Waals surface area contributed by atoms with Crippen molar-refractivity contribution < 1.29 is 38.1 Å². The van der Waals surface area contributed by atoms with Crippen molar-refractivity contribution in [3.8, 4) is 17.2 Å². The number of nitrogens with one attached hydrogen (secondary N) is 2. The van der Waals surface area contributed by atoms with Gasteiger partial charge in [-0.05, 0) is 32.4 Å². The molecule has 0 bridgehead atoms. The maximum atomic E-state index is 12.4. The number of aryl methyl sites for hydroxylation is 1. The number of H-pyrrole nitrogens is 1. The molecule has 1 aromatic heterocycles. The molecule has 0 aliphatic carbocycles. The van der Waals surface area contributed by atoms with E-state index in [9.17, 15) is 14.4 Å². The van der Waals surface area contributed by atoms with Gasteiger partial charge in [0, 0.05) is 23.9 Å². The zero-order chi connectivity index (χ0) is 23.8. The number of carbonyl (C=O) groups excluding carboxylic acids is 3. The zero-order valence-electron chi connectivity index (χ0n) is 19.0. The number of rotatable bonds is 10. The highest BCUT2D eigenvalue weighted by Gasteiger charge is 2.24. The number of hydrogen-bond donors (Lipinski definition) is 2. The molecule has 0 spiro atoms. The van der Waals surface area contributed by atoms with Gasteiger partial charge in [0.1, 0.15) is 11.4 Å². The predicted molar refractivity (Wildman–Crippen MR) is 114 cm³/mol. The van der Waals surface area contributed by atoms with Gasteiger partial charge >= 0.3 is 11.9 Å². The zero-order valence-corrected chi connectivity index (χ0v) is 19.0. The summed E-state index contributed by atoms with van der Waals surface area (Å²) in [7, 11) is 4.51. The van der Waals surface area contributed by atoms with Crippen LogP contribution in [-0.2, 0) is 20.8 Å². The number of esters is 2. The molecular weight excluding hydrogens is 420 g/mol. The number of amides is 1. The number of carbonyl (C=O) groups is 3. The highest BCUT2D eigenvalue weighted by Crippen LogP contribution is 2.34. The Labute approximate surface area is 186 Å². The Kier molecular flexibility index (Phi) is 8.51. The third kappa shape index (κ3) is 5.51. The molecule has 1 aromatic carbocycles. The summed E-state index contributed by atoms with van der Waals surface area (Å²) in [5.74, 6) is -0.309. The molecule has 2 rings (SSSR count). The fraction of sp³-hybridized carbons (Fsp3) is 0.409. The lowest BCUT2D eigenvalue weighted by Gasteiger charge is -2.14. The fourth-order valence-electron chi connectivity index (χ4n) is 3.14. The Morgan fingerprint density at radius 3 is 2.12 bits per heavy atom. The summed E-state index contributed by atoms with van der Waals surface area (Å²) in [6, 6.07) is 3.34. The summed E-state index contributed by atoms with van der Waals surface area (Å²) in [4.78, 5) is 39.5. The first kappa shape index (κ1) is 24.6. The quantitative estimate of drug-likeness (QED) is 0.531. The molecule has 0 saturated carbocycles. The van der Waals surface area contributed by atoms with Gasteiger partial charge in [0.15, 0.2) is 18.1 Å². The highest BCUT2D eigenvalue weighted by atomic mass is 16.5. The number of hydrogen-bond acceptors (Lipinski definition) is 8. The normalized spacial score (nSPS) is 10.3. The van der Waals surface area contributed by atoms with Crippen molar-refractivity contribution in [1.29, 1.82) is 0 Å². The number of ether oxygens (including phenoxy) is 5. The van der Waals surface area contributed by atoms with Crippen LogP contribution in [0.2, 0.25) is 0 Å². The standard InChI is InChI=1S/C22H28N2O8/c1-7-31-21(26)19-12(2)20(24-13(19)3)22(27)32-11-18(25)23-10-14-8-16(29-5)17(30-6)9-15(14)28-4/h8-9,24H,7,10-11H2,1-6H3,(H,23,25). The molecule has 174 valence electrons. The molecule has 0 saturated heterocycles. The predicted octanol–water partition coefficient (Wildman–Crippen LogP) is 2.31. The van der Waals surface area contributed by atoms with Crippen molar-refractivity contribution in [3.63, 3.8) is 0 Å². The lowest BCUT2D eigenvalue weighted by molar-refractivity contribution is -0.124. The first-order chi connectivity index (χ1) is 15.3. The van der Waals surface area contributed by atoms with Gasteiger partial charge in [-0.1, -0.05) is 0 Å². The van der Waals surface area contributed by atoms with Crippen LogP contribution in [0.1, 0.15) is 44.6 Å². The van der Waals surface area contributed by atoms with Gasteiger partial charge in [0.2, 0.25) is 0 Å². The van der Waals surface area contributed by atoms with Crippen LogP contribution in [0.5, 0.6) is 17.2 Å². The van der Waals surface area contributed by atoms with E-state index in [1.54, 1.807) is 32.9 Å². The Morgan fingerprint density at radius 1 is 0.906 bits per heavy atom. The minimum Gasteiger partial charge on any atom is -0.496 e. The molecule has 0 radical (unpaired) electrons. The molecule has 32 heavy (non-hydrogen) atoms. The molecule has 0 aliphatic rings. The van der Waals surface area contributed by atoms with Crippen molar-refractivity contribution in [2.24, 2.45) is 0 Å². The molecule has 0 aliphatic heterocycles. The summed E-state index contributed by atoms with van der Waals surface area (Å²) >= 11 is 0. The van der Waals surface area contributed by atoms with Gasteiger partial charge in [-0.3, -0.25) is 4.79 Å². The highest BCUT2D eigenvalue weighted by molar-refractivity contribution is 5.99. The molecule has 1 amide bonds. The second kappa shape index (κ2) is 11.1. The maximum absolute atomic E-state index is 12.4. The average Bonchev–Trinajstić information content (AvgIpc) is 3.09. The monoisotopic (exact) mass is 448 g/mol. The van der Waals surface area contributed by atoms with E-state index >= 15 is 0 Å². The lowest BCUT2D eigenvalue weighted by atomic mass is 10.1. The molecule has 1 heterocycles. The van der Waals surface area contributed by atoms with E-state index in [0.29, 0.717) is 34.1 Å². The minimum absolute atomic E-state index is 0.0971. The Balaban J connectivity index is 2.00. The van der Waals surface area contributed by atoms with E-state index in [-0.39, 0.29) is 24.4 Å². The van der Waals surface area contributed by atoms with E-state index in [1.165, 1.54) is 21.3 Å². The topological polar surface area (TPSA) is 125 Å². The van der Waals surface area contributed by atoms with Gasteiger partial charge in [-0.25, -0.2) is 9.59 Å². The lowest BCUT2D eigenvalue weighted by Crippen LogP contribution is -2.28. The third-order valence-electron chi connectivity index (χ3n) is 4.72. The fourth-order valence-corrected chi connectivity index (χ4v) is 3.14. The molecule has 0 atom stereocenters. The van der Waals surface area contributed by atoms with E-state index in [4.69, 9.17) is 23.7 Å². The van der Waals surface area contributed by atoms with Crippen LogP contribution >= 0.6 is 0 Å². The average molecular weight is 448 g/mol. The summed E-state index contributed by atoms with van der Waals surface area (Å²) in [6.07, 6.45) is 0. The van der Waals surface area contributed by atoms with E-state index in [0.717, 1.165) is 0 Å². The van der Waals surface area contributed by atoms with Crippen LogP contribution in [0.3, 0.4) is 0 Å². The van der Waals surface area contributed by atoms with Crippen LogP contribution in [0.25, 0.3) is 0 Å². The van der Waals surface area contributed by atoms with Crippen molar-refractivity contribution >= 4 is 17.8 Å². The molecule has 2 N–H and O–H groups in total. The Bertz CT molecular complexity index is 996. The minimum atomic E-state index is -0.750. The van der Waals surface area contributed by atoms with Crippen LogP contribution in [0, 0.1) is 13.8 Å². The van der Waals surface area contributed by atoms with E-state index < -0.39 is 24.5 Å². The van der Waals surface area contributed by atoms with Gasteiger partial charge in [0.25, 0.3) is 5.91 Å². The third-order valence-corrected chi connectivity index (χ3v) is 4.72. The second-order valence-electron chi connectivity index (χ2n) is 6.72. The smallest absolute Gasteiger partial charge is 0.355 e. The van der Waals surface area contributed by atoms with Crippen molar-refractivity contribution in [2.75, 3.05) is 34.5 Å². The van der Waals surface area contributed by atoms with Gasteiger partial charge in [0.05, 0.1) is 33.5 Å². The molecule has 2 aromatic rings. The summed E-state index contributed by atoms with van der Waals surface area (Å²) in [5, 5.41) is 2.66. The number of benzene rings is 1. The maximum Gasteiger partial charge on any atom is 0.355 e. The molecule has 10 nitrogen and oxygen atoms in total. The first-order valence-corrected chi connectivity index (χ1v) is 9.86. The molecule has 0 unspecified atom stereocenters. The van der Waals surface area contributed by atoms with E-state index in [1.807, 2.05) is 0 Å². The van der Waals surface area contributed by atoms with Crippen molar-refractivity contribution in [2.45, 2.75) is 27.3 Å². The van der Waals surface area contributed by atoms with Crippen molar-refractivity contribution in [1.82, 2.24) is 10.3 Å². The second-order valence-corrected chi connectivity index (χ2v) is 6.72. The van der Waals surface area contributed by atoms with Crippen LogP contribution in [0.15, 0.2) is 12.1 Å². The van der Waals surface area contributed by atoms with Gasteiger partial charge in [-0.15, -0.1) is 0 Å².